The number of rotatable bonds is 1. The van der Waals surface area contributed by atoms with Crippen LogP contribution in [0.2, 0.25) is 0 Å². The van der Waals surface area contributed by atoms with Crippen molar-refractivity contribution in [1.29, 1.82) is 0 Å². The lowest BCUT2D eigenvalue weighted by atomic mass is 9.59. The van der Waals surface area contributed by atoms with E-state index < -0.39 is 0 Å². The number of nitrogens with zero attached hydrogens (tertiary/aromatic N) is 2. The Morgan fingerprint density at radius 1 is 1.43 bits per heavy atom. The molecule has 3 aliphatic carbocycles. The Hall–Kier alpha value is -1.07. The lowest BCUT2D eigenvalue weighted by molar-refractivity contribution is -0.0225. The van der Waals surface area contributed by atoms with Crippen LogP contribution in [0.5, 0.6) is 0 Å². The second-order valence-corrected chi connectivity index (χ2v) is 8.67. The van der Waals surface area contributed by atoms with Gasteiger partial charge in [0.25, 0.3) is 0 Å². The van der Waals surface area contributed by atoms with Gasteiger partial charge >= 0.3 is 0 Å². The van der Waals surface area contributed by atoms with Crippen LogP contribution < -0.4 is 5.73 Å². The number of hydrogen-bond donors (Lipinski definition) is 1. The minimum Gasteiger partial charge on any atom is -0.381 e. The van der Waals surface area contributed by atoms with Gasteiger partial charge in [-0.3, -0.25) is 0 Å². The van der Waals surface area contributed by atoms with Crippen LogP contribution in [0.3, 0.4) is 0 Å². The topological polar surface area (TPSA) is 50.9 Å². The molecular formula is C18H22BrN3O. The zero-order valence-corrected chi connectivity index (χ0v) is 15.2. The summed E-state index contributed by atoms with van der Waals surface area (Å²) in [6.07, 6.45) is 5.77. The summed E-state index contributed by atoms with van der Waals surface area (Å²) >= 11 is 3.66. The number of fused-ring (bicyclic) bond motifs is 1. The summed E-state index contributed by atoms with van der Waals surface area (Å²) in [4.78, 5) is 7.33. The molecule has 122 valence electrons. The highest BCUT2D eigenvalue weighted by atomic mass is 79.9. The van der Waals surface area contributed by atoms with Gasteiger partial charge in [-0.25, -0.2) is 4.99 Å². The second kappa shape index (κ2) is 4.12. The molecule has 1 aromatic carbocycles. The third-order valence-corrected chi connectivity index (χ3v) is 7.64. The van der Waals surface area contributed by atoms with Crippen molar-refractivity contribution < 1.29 is 4.74 Å². The van der Waals surface area contributed by atoms with Crippen LogP contribution in [0, 0.1) is 5.41 Å². The molecule has 2 saturated carbocycles. The molecule has 0 saturated heterocycles. The molecule has 23 heavy (non-hydrogen) atoms. The normalized spacial score (nSPS) is 43.2. The molecule has 5 rings (SSSR count). The molecule has 1 spiro atoms. The Kier molecular flexibility index (Phi) is 2.56. The quantitative estimate of drug-likeness (QED) is 0.820. The molecule has 1 heterocycles. The highest BCUT2D eigenvalue weighted by Crippen LogP contribution is 2.80. The van der Waals surface area contributed by atoms with E-state index in [0.29, 0.717) is 12.1 Å². The third-order valence-electron chi connectivity index (χ3n) is 7.15. The molecule has 4 aliphatic rings. The number of ether oxygens (including phenoxy) is 1. The van der Waals surface area contributed by atoms with Gasteiger partial charge in [-0.05, 0) is 55.4 Å². The molecule has 4 atom stereocenters. The first kappa shape index (κ1) is 14.3. The van der Waals surface area contributed by atoms with E-state index in [1.54, 1.807) is 0 Å². The summed E-state index contributed by atoms with van der Waals surface area (Å²) in [5, 5.41) is 0. The molecule has 1 aliphatic heterocycles. The van der Waals surface area contributed by atoms with Crippen molar-refractivity contribution in [3.8, 4) is 0 Å². The Morgan fingerprint density at radius 3 is 3.04 bits per heavy atom. The Balaban J connectivity index is 1.77. The first-order valence-electron chi connectivity index (χ1n) is 8.39. The fourth-order valence-corrected chi connectivity index (χ4v) is 6.39. The summed E-state index contributed by atoms with van der Waals surface area (Å²) < 4.78 is 6.90. The lowest BCUT2D eigenvalue weighted by Gasteiger charge is -2.55. The first-order valence-corrected chi connectivity index (χ1v) is 9.18. The number of benzene rings is 1. The Labute approximate surface area is 145 Å². The van der Waals surface area contributed by atoms with Crippen molar-refractivity contribution in [3.63, 3.8) is 0 Å². The maximum absolute atomic E-state index is 6.37. The van der Waals surface area contributed by atoms with E-state index >= 15 is 0 Å². The monoisotopic (exact) mass is 375 g/mol. The van der Waals surface area contributed by atoms with Crippen molar-refractivity contribution >= 4 is 21.9 Å². The average Bonchev–Trinajstić information content (AvgIpc) is 3.23. The van der Waals surface area contributed by atoms with Crippen LogP contribution in [-0.4, -0.2) is 36.7 Å². The number of guanidine groups is 1. The van der Waals surface area contributed by atoms with Crippen LogP contribution in [0.25, 0.3) is 0 Å². The predicted octanol–water partition coefficient (Wildman–Crippen LogP) is 2.79. The number of aliphatic imine (C=N–C) groups is 1. The number of nitrogens with two attached hydrogens (primary N) is 1. The summed E-state index contributed by atoms with van der Waals surface area (Å²) in [5.41, 5.74) is 9.43. The molecule has 0 amide bonds. The van der Waals surface area contributed by atoms with E-state index in [1.807, 2.05) is 7.11 Å². The largest absolute Gasteiger partial charge is 0.381 e. The molecule has 5 heteroatoms. The van der Waals surface area contributed by atoms with E-state index in [-0.39, 0.29) is 16.5 Å². The van der Waals surface area contributed by atoms with Gasteiger partial charge in [0.05, 0.1) is 17.2 Å². The summed E-state index contributed by atoms with van der Waals surface area (Å²) in [6, 6.07) is 6.74. The van der Waals surface area contributed by atoms with Gasteiger partial charge in [0.15, 0.2) is 5.96 Å². The van der Waals surface area contributed by atoms with E-state index in [1.165, 1.54) is 11.1 Å². The van der Waals surface area contributed by atoms with Crippen molar-refractivity contribution in [1.82, 2.24) is 4.90 Å². The smallest absolute Gasteiger partial charge is 0.192 e. The highest BCUT2D eigenvalue weighted by molar-refractivity contribution is 9.10. The molecular weight excluding hydrogens is 354 g/mol. The molecule has 1 aromatic rings. The van der Waals surface area contributed by atoms with Crippen LogP contribution >= 0.6 is 15.9 Å². The minimum atomic E-state index is -0.0283. The van der Waals surface area contributed by atoms with E-state index in [9.17, 15) is 0 Å². The van der Waals surface area contributed by atoms with Crippen molar-refractivity contribution in [2.75, 3.05) is 14.2 Å². The van der Waals surface area contributed by atoms with E-state index in [2.05, 4.69) is 46.1 Å². The van der Waals surface area contributed by atoms with Gasteiger partial charge in [0, 0.05) is 24.0 Å². The van der Waals surface area contributed by atoms with Gasteiger partial charge in [-0.1, -0.05) is 22.0 Å². The minimum absolute atomic E-state index is 0.00734. The Morgan fingerprint density at radius 2 is 2.26 bits per heavy atom. The SMILES string of the molecule is COC1CCC23Cc4ccc(Br)cc4C4(CC24C1)N(C)C(N)=N3. The summed E-state index contributed by atoms with van der Waals surface area (Å²) in [6.45, 7) is 0. The van der Waals surface area contributed by atoms with Crippen LogP contribution in [-0.2, 0) is 16.7 Å². The zero-order valence-electron chi connectivity index (χ0n) is 13.6. The van der Waals surface area contributed by atoms with Crippen LogP contribution in [0.15, 0.2) is 27.7 Å². The molecule has 4 nitrogen and oxygen atoms in total. The van der Waals surface area contributed by atoms with E-state index in [4.69, 9.17) is 15.5 Å². The van der Waals surface area contributed by atoms with E-state index in [0.717, 1.165) is 36.6 Å². The third kappa shape index (κ3) is 1.41. The number of hydrogen-bond acceptors (Lipinski definition) is 4. The molecule has 0 aromatic heterocycles. The maximum Gasteiger partial charge on any atom is 0.192 e. The van der Waals surface area contributed by atoms with Gasteiger partial charge in [-0.2, -0.15) is 0 Å². The standard InChI is InChI=1S/C18H22BrN3O/c1-22-15(20)21-17-6-5-13(23-2)9-16(17)10-18(16,22)14-7-12(19)4-3-11(14)8-17/h3-4,7,13H,5-6,8-10H2,1-2H3,(H2,20,21). The van der Waals surface area contributed by atoms with Gasteiger partial charge < -0.3 is 15.4 Å². The summed E-state index contributed by atoms with van der Waals surface area (Å²) in [7, 11) is 3.96. The molecule has 2 N–H and O–H groups in total. The van der Waals surface area contributed by atoms with Gasteiger partial charge in [0.1, 0.15) is 0 Å². The fraction of sp³-hybridized carbons (Fsp3) is 0.611. The number of methoxy groups -OCH3 is 1. The zero-order chi connectivity index (χ0) is 16.0. The van der Waals surface area contributed by atoms with Gasteiger partial charge in [0.2, 0.25) is 0 Å². The summed E-state index contributed by atoms with van der Waals surface area (Å²) in [5.74, 6) is 0.708. The molecule has 0 radical (unpaired) electrons. The number of halogens is 1. The van der Waals surface area contributed by atoms with Crippen LogP contribution in [0.1, 0.15) is 36.8 Å². The molecule has 2 fully saturated rings. The Bertz CT molecular complexity index is 750. The molecule has 4 unspecified atom stereocenters. The van der Waals surface area contributed by atoms with Crippen molar-refractivity contribution in [3.05, 3.63) is 33.8 Å². The van der Waals surface area contributed by atoms with Gasteiger partial charge in [-0.15, -0.1) is 0 Å². The maximum atomic E-state index is 6.37. The lowest BCUT2D eigenvalue weighted by Crippen LogP contribution is -2.62. The van der Waals surface area contributed by atoms with Crippen LogP contribution in [0.4, 0.5) is 0 Å². The highest BCUT2D eigenvalue weighted by Gasteiger charge is 2.83. The first-order chi connectivity index (χ1) is 11.0. The van der Waals surface area contributed by atoms with Crippen molar-refractivity contribution in [2.45, 2.75) is 49.3 Å². The second-order valence-electron chi connectivity index (χ2n) is 7.76. The fourth-order valence-electron chi connectivity index (χ4n) is 6.03. The average molecular weight is 376 g/mol. The predicted molar refractivity (Wildman–Crippen MR) is 93.3 cm³/mol. The van der Waals surface area contributed by atoms with Crippen molar-refractivity contribution in [2.24, 2.45) is 16.1 Å². The molecule has 2 bridgehead atoms.